The lowest BCUT2D eigenvalue weighted by Crippen LogP contribution is -2.49. The van der Waals surface area contributed by atoms with Crippen LogP contribution in [0.1, 0.15) is 25.6 Å². The molecule has 10 heteroatoms. The van der Waals surface area contributed by atoms with Gasteiger partial charge in [0.1, 0.15) is 0 Å². The fourth-order valence-corrected chi connectivity index (χ4v) is 4.35. The number of hydrogen-bond donors (Lipinski definition) is 0. The summed E-state index contributed by atoms with van der Waals surface area (Å²) in [4.78, 5) is 18.0. The summed E-state index contributed by atoms with van der Waals surface area (Å²) in [6.07, 6.45) is 3.14. The third-order valence-corrected chi connectivity index (χ3v) is 6.52. The maximum Gasteiger partial charge on any atom is 0.266 e. The van der Waals surface area contributed by atoms with E-state index in [9.17, 15) is 13.2 Å². The first-order valence-electron chi connectivity index (χ1n) is 9.08. The standard InChI is InChI=1S/C17H26N6O3S/c1-14(2)21-12-16(18-13-21)27(25,26)22-9-6-20(7-10-22)8-11-23-17(24)5-4-15(3)19-23/h4-5,12-14H,6-11H2,1-3H3. The molecule has 0 aromatic carbocycles. The lowest BCUT2D eigenvalue weighted by atomic mass is 10.3. The van der Waals surface area contributed by atoms with E-state index in [2.05, 4.69) is 15.0 Å². The zero-order chi connectivity index (χ0) is 19.6. The highest BCUT2D eigenvalue weighted by atomic mass is 32.2. The highest BCUT2D eigenvalue weighted by molar-refractivity contribution is 7.89. The zero-order valence-corrected chi connectivity index (χ0v) is 16.8. The minimum atomic E-state index is -3.57. The Kier molecular flexibility index (Phi) is 5.78. The second-order valence-electron chi connectivity index (χ2n) is 7.03. The Bertz CT molecular complexity index is 942. The van der Waals surface area contributed by atoms with Gasteiger partial charge in [0.15, 0.2) is 5.03 Å². The van der Waals surface area contributed by atoms with Gasteiger partial charge in [-0.3, -0.25) is 9.69 Å². The number of rotatable bonds is 6. The number of hydrogen-bond acceptors (Lipinski definition) is 6. The third-order valence-electron chi connectivity index (χ3n) is 4.74. The summed E-state index contributed by atoms with van der Waals surface area (Å²) in [6.45, 7) is 9.00. The minimum absolute atomic E-state index is 0.0974. The van der Waals surface area contributed by atoms with Crippen LogP contribution in [0.15, 0.2) is 34.5 Å². The summed E-state index contributed by atoms with van der Waals surface area (Å²) in [5.41, 5.74) is 0.675. The molecule has 148 valence electrons. The summed E-state index contributed by atoms with van der Waals surface area (Å²) < 4.78 is 30.3. The molecule has 1 fully saturated rings. The van der Waals surface area contributed by atoms with Crippen molar-refractivity contribution in [1.29, 1.82) is 0 Å². The molecule has 0 amide bonds. The molecule has 0 saturated carbocycles. The van der Waals surface area contributed by atoms with Crippen LogP contribution in [-0.2, 0) is 16.6 Å². The molecule has 27 heavy (non-hydrogen) atoms. The van der Waals surface area contributed by atoms with Gasteiger partial charge in [0.05, 0.1) is 18.6 Å². The zero-order valence-electron chi connectivity index (χ0n) is 15.9. The molecule has 0 bridgehead atoms. The topological polar surface area (TPSA) is 93.3 Å². The normalized spacial score (nSPS) is 16.9. The molecule has 1 aliphatic heterocycles. The molecular weight excluding hydrogens is 368 g/mol. The minimum Gasteiger partial charge on any atom is -0.334 e. The van der Waals surface area contributed by atoms with Crippen molar-refractivity contribution in [1.82, 2.24) is 28.5 Å². The second kappa shape index (κ2) is 7.91. The van der Waals surface area contributed by atoms with Crippen LogP contribution in [0.2, 0.25) is 0 Å². The Morgan fingerprint density at radius 1 is 1.11 bits per heavy atom. The summed E-state index contributed by atoms with van der Waals surface area (Å²) >= 11 is 0. The predicted molar refractivity (Wildman–Crippen MR) is 101 cm³/mol. The molecule has 0 atom stereocenters. The second-order valence-corrected chi connectivity index (χ2v) is 8.92. The molecule has 0 unspecified atom stereocenters. The van der Waals surface area contributed by atoms with Crippen LogP contribution < -0.4 is 5.56 Å². The summed E-state index contributed by atoms with van der Waals surface area (Å²) in [7, 11) is -3.57. The van der Waals surface area contributed by atoms with Crippen molar-refractivity contribution >= 4 is 10.0 Å². The molecule has 1 aliphatic rings. The van der Waals surface area contributed by atoms with Crippen LogP contribution in [-0.4, -0.2) is 69.7 Å². The first-order chi connectivity index (χ1) is 12.8. The molecule has 2 aromatic rings. The van der Waals surface area contributed by atoms with E-state index in [4.69, 9.17) is 0 Å². The molecule has 0 radical (unpaired) electrons. The largest absolute Gasteiger partial charge is 0.334 e. The van der Waals surface area contributed by atoms with Crippen molar-refractivity contribution in [3.05, 3.63) is 40.7 Å². The molecule has 1 saturated heterocycles. The maximum absolute atomic E-state index is 12.8. The SMILES string of the molecule is Cc1ccc(=O)n(CCN2CCN(S(=O)(=O)c3cn(C(C)C)cn3)CC2)n1. The molecule has 3 rings (SSSR count). The van der Waals surface area contributed by atoms with Crippen molar-refractivity contribution in [3.63, 3.8) is 0 Å². The van der Waals surface area contributed by atoms with E-state index in [0.29, 0.717) is 39.3 Å². The third kappa shape index (κ3) is 4.45. The number of nitrogens with zero attached hydrogens (tertiary/aromatic N) is 6. The Morgan fingerprint density at radius 3 is 2.44 bits per heavy atom. The lowest BCUT2D eigenvalue weighted by molar-refractivity contribution is 0.180. The van der Waals surface area contributed by atoms with Crippen LogP contribution in [0.25, 0.3) is 0 Å². The fourth-order valence-electron chi connectivity index (χ4n) is 3.01. The van der Waals surface area contributed by atoms with Gasteiger partial charge in [-0.2, -0.15) is 9.40 Å². The molecule has 0 N–H and O–H groups in total. The van der Waals surface area contributed by atoms with Gasteiger partial charge in [0, 0.05) is 51.0 Å². The molecule has 3 heterocycles. The number of imidazole rings is 1. The number of aryl methyl sites for hydroxylation is 1. The van der Waals surface area contributed by atoms with Crippen molar-refractivity contribution in [2.45, 2.75) is 38.4 Å². The van der Waals surface area contributed by atoms with Gasteiger partial charge in [-0.05, 0) is 26.8 Å². The highest BCUT2D eigenvalue weighted by Gasteiger charge is 2.30. The Morgan fingerprint density at radius 2 is 1.81 bits per heavy atom. The average molecular weight is 395 g/mol. The number of piperazine rings is 1. The first-order valence-corrected chi connectivity index (χ1v) is 10.5. The van der Waals surface area contributed by atoms with E-state index < -0.39 is 10.0 Å². The number of sulfonamides is 1. The fraction of sp³-hybridized carbons (Fsp3) is 0.588. The highest BCUT2D eigenvalue weighted by Crippen LogP contribution is 2.17. The van der Waals surface area contributed by atoms with Crippen LogP contribution in [0.3, 0.4) is 0 Å². The van der Waals surface area contributed by atoms with Gasteiger partial charge in [-0.25, -0.2) is 18.1 Å². The summed E-state index contributed by atoms with van der Waals surface area (Å²) in [5, 5.41) is 4.33. The molecule has 2 aromatic heterocycles. The van der Waals surface area contributed by atoms with Gasteiger partial charge < -0.3 is 4.57 Å². The summed E-state index contributed by atoms with van der Waals surface area (Å²) in [5.74, 6) is 0. The quantitative estimate of drug-likeness (QED) is 0.701. The van der Waals surface area contributed by atoms with E-state index in [1.165, 1.54) is 15.1 Å². The molecule has 0 aliphatic carbocycles. The average Bonchev–Trinajstić information content (AvgIpc) is 3.14. The smallest absolute Gasteiger partial charge is 0.266 e. The summed E-state index contributed by atoms with van der Waals surface area (Å²) in [6, 6.07) is 3.38. The van der Waals surface area contributed by atoms with Gasteiger partial charge in [0.2, 0.25) is 0 Å². The number of aromatic nitrogens is 4. The molecular formula is C17H26N6O3S. The first kappa shape index (κ1) is 19.7. The van der Waals surface area contributed by atoms with Crippen molar-refractivity contribution < 1.29 is 8.42 Å². The van der Waals surface area contributed by atoms with E-state index in [0.717, 1.165) is 5.69 Å². The van der Waals surface area contributed by atoms with Crippen LogP contribution in [0.5, 0.6) is 0 Å². The van der Waals surface area contributed by atoms with Crippen LogP contribution in [0.4, 0.5) is 0 Å². The van der Waals surface area contributed by atoms with Crippen molar-refractivity contribution in [2.24, 2.45) is 0 Å². The van der Waals surface area contributed by atoms with E-state index in [-0.39, 0.29) is 16.6 Å². The monoisotopic (exact) mass is 394 g/mol. The maximum atomic E-state index is 12.8. The van der Waals surface area contributed by atoms with E-state index in [1.54, 1.807) is 23.2 Å². The van der Waals surface area contributed by atoms with Gasteiger partial charge in [-0.1, -0.05) is 0 Å². The van der Waals surface area contributed by atoms with Crippen LogP contribution in [0, 0.1) is 6.92 Å². The van der Waals surface area contributed by atoms with Crippen LogP contribution >= 0.6 is 0 Å². The van der Waals surface area contributed by atoms with Crippen molar-refractivity contribution in [3.8, 4) is 0 Å². The van der Waals surface area contributed by atoms with E-state index in [1.807, 2.05) is 20.8 Å². The van der Waals surface area contributed by atoms with Gasteiger partial charge in [0.25, 0.3) is 15.6 Å². The molecule has 0 spiro atoms. The van der Waals surface area contributed by atoms with Gasteiger partial charge in [-0.15, -0.1) is 0 Å². The van der Waals surface area contributed by atoms with Crippen molar-refractivity contribution in [2.75, 3.05) is 32.7 Å². The molecule has 9 nitrogen and oxygen atoms in total. The Labute approximate surface area is 159 Å². The Hall–Kier alpha value is -2.04. The lowest BCUT2D eigenvalue weighted by Gasteiger charge is -2.33. The van der Waals surface area contributed by atoms with E-state index >= 15 is 0 Å². The Balaban J connectivity index is 1.58. The predicted octanol–water partition coefficient (Wildman–Crippen LogP) is 0.336. The van der Waals surface area contributed by atoms with Gasteiger partial charge >= 0.3 is 0 Å².